The van der Waals surface area contributed by atoms with E-state index in [1.807, 2.05) is 6.07 Å². The maximum absolute atomic E-state index is 12.5. The van der Waals surface area contributed by atoms with Crippen molar-refractivity contribution < 1.29 is 27.8 Å². The summed E-state index contributed by atoms with van der Waals surface area (Å²) in [5.41, 5.74) is 0.939. The van der Waals surface area contributed by atoms with E-state index in [-0.39, 0.29) is 12.1 Å². The molecule has 0 unspecified atom stereocenters. The molecular formula is C18H16F3NO3. The fraction of sp³-hybridized carbons (Fsp3) is 0.278. The van der Waals surface area contributed by atoms with E-state index in [9.17, 15) is 23.1 Å². The highest BCUT2D eigenvalue weighted by Crippen LogP contribution is 2.29. The average Bonchev–Trinajstić information content (AvgIpc) is 3.06. The maximum atomic E-state index is 12.5. The number of ether oxygens (including phenoxy) is 1. The summed E-state index contributed by atoms with van der Waals surface area (Å²) in [6.07, 6.45) is -4.58. The summed E-state index contributed by atoms with van der Waals surface area (Å²) in [6.45, 7) is 0.568. The van der Waals surface area contributed by atoms with Crippen molar-refractivity contribution in [2.75, 3.05) is 13.2 Å². The third-order valence-corrected chi connectivity index (χ3v) is 4.03. The Balaban J connectivity index is 1.60. The highest BCUT2D eigenvalue weighted by atomic mass is 19.4. The first-order valence-electron chi connectivity index (χ1n) is 7.74. The summed E-state index contributed by atoms with van der Waals surface area (Å²) in [4.78, 5) is 12.0. The number of hydrogen-bond acceptors (Lipinski definition) is 3. The van der Waals surface area contributed by atoms with Crippen LogP contribution in [0.5, 0.6) is 5.75 Å². The molecule has 1 aliphatic heterocycles. The largest absolute Gasteiger partial charge is 0.493 e. The van der Waals surface area contributed by atoms with Crippen LogP contribution in [-0.4, -0.2) is 24.2 Å². The first-order valence-corrected chi connectivity index (χ1v) is 7.74. The molecule has 0 saturated heterocycles. The Morgan fingerprint density at radius 1 is 1.20 bits per heavy atom. The van der Waals surface area contributed by atoms with Crippen LogP contribution in [0.2, 0.25) is 0 Å². The minimum Gasteiger partial charge on any atom is -0.493 e. The highest BCUT2D eigenvalue weighted by molar-refractivity contribution is 5.94. The number of fused-ring (bicyclic) bond motifs is 1. The zero-order valence-electron chi connectivity index (χ0n) is 13.1. The Bertz CT molecular complexity index is 772. The topological polar surface area (TPSA) is 58.6 Å². The summed E-state index contributed by atoms with van der Waals surface area (Å²) in [5, 5.41) is 12.7. The zero-order chi connectivity index (χ0) is 18.0. The Kier molecular flexibility index (Phi) is 4.67. The smallest absolute Gasteiger partial charge is 0.416 e. The van der Waals surface area contributed by atoms with Gasteiger partial charge in [-0.3, -0.25) is 4.79 Å². The minimum absolute atomic E-state index is 0.0422. The van der Waals surface area contributed by atoms with E-state index in [1.54, 1.807) is 12.1 Å². The Labute approximate surface area is 142 Å². The van der Waals surface area contributed by atoms with Crippen molar-refractivity contribution in [3.05, 3.63) is 64.7 Å². The van der Waals surface area contributed by atoms with Crippen molar-refractivity contribution in [1.82, 2.24) is 5.32 Å². The van der Waals surface area contributed by atoms with E-state index in [2.05, 4.69) is 5.32 Å². The van der Waals surface area contributed by atoms with Crippen molar-refractivity contribution in [3.63, 3.8) is 0 Å². The summed E-state index contributed by atoms with van der Waals surface area (Å²) in [6, 6.07) is 9.25. The fourth-order valence-corrected chi connectivity index (χ4v) is 2.63. The molecule has 0 spiro atoms. The number of halogens is 3. The van der Waals surface area contributed by atoms with Gasteiger partial charge in [-0.1, -0.05) is 6.07 Å². The molecule has 0 aliphatic carbocycles. The summed E-state index contributed by atoms with van der Waals surface area (Å²) in [5.74, 6) is 0.252. The van der Waals surface area contributed by atoms with Gasteiger partial charge in [-0.05, 0) is 47.5 Å². The molecule has 0 fully saturated rings. The molecule has 25 heavy (non-hydrogen) atoms. The number of alkyl halides is 3. The fourth-order valence-electron chi connectivity index (χ4n) is 2.63. The van der Waals surface area contributed by atoms with E-state index in [0.29, 0.717) is 12.2 Å². The molecule has 0 radical (unpaired) electrons. The van der Waals surface area contributed by atoms with Crippen LogP contribution in [0.1, 0.15) is 33.2 Å². The van der Waals surface area contributed by atoms with Crippen LogP contribution in [0.4, 0.5) is 13.2 Å². The normalized spacial score (nSPS) is 14.6. The SMILES string of the molecule is O=C(NC[C@@H](O)c1ccc2c(c1)CCO2)c1ccc(C(F)(F)F)cc1. The van der Waals surface area contributed by atoms with E-state index < -0.39 is 23.8 Å². The van der Waals surface area contributed by atoms with Crippen LogP contribution < -0.4 is 10.1 Å². The van der Waals surface area contributed by atoms with Crippen molar-refractivity contribution in [1.29, 1.82) is 0 Å². The minimum atomic E-state index is -4.44. The Morgan fingerprint density at radius 2 is 1.92 bits per heavy atom. The molecule has 1 amide bonds. The third-order valence-electron chi connectivity index (χ3n) is 4.03. The second-order valence-electron chi connectivity index (χ2n) is 5.77. The summed E-state index contributed by atoms with van der Waals surface area (Å²) in [7, 11) is 0. The van der Waals surface area contributed by atoms with E-state index >= 15 is 0 Å². The lowest BCUT2D eigenvalue weighted by Crippen LogP contribution is -2.28. The van der Waals surface area contributed by atoms with Crippen LogP contribution in [0.15, 0.2) is 42.5 Å². The van der Waals surface area contributed by atoms with Gasteiger partial charge in [0.05, 0.1) is 18.3 Å². The predicted molar refractivity (Wildman–Crippen MR) is 84.4 cm³/mol. The van der Waals surface area contributed by atoms with Crippen molar-refractivity contribution in [2.24, 2.45) is 0 Å². The van der Waals surface area contributed by atoms with Crippen LogP contribution in [-0.2, 0) is 12.6 Å². The molecule has 0 aromatic heterocycles. The van der Waals surface area contributed by atoms with Gasteiger partial charge in [0.15, 0.2) is 0 Å². The molecule has 1 atom stereocenters. The van der Waals surface area contributed by atoms with Gasteiger partial charge in [0, 0.05) is 18.5 Å². The first kappa shape index (κ1) is 17.3. The molecule has 0 bridgehead atoms. The highest BCUT2D eigenvalue weighted by Gasteiger charge is 2.30. The quantitative estimate of drug-likeness (QED) is 0.890. The molecule has 1 aliphatic rings. The monoisotopic (exact) mass is 351 g/mol. The van der Waals surface area contributed by atoms with E-state index in [0.717, 1.165) is 42.0 Å². The molecule has 3 rings (SSSR count). The Morgan fingerprint density at radius 3 is 2.60 bits per heavy atom. The number of hydrogen-bond donors (Lipinski definition) is 2. The molecule has 2 aromatic rings. The Hall–Kier alpha value is -2.54. The van der Waals surface area contributed by atoms with Gasteiger partial charge < -0.3 is 15.2 Å². The van der Waals surface area contributed by atoms with Gasteiger partial charge in [0.1, 0.15) is 5.75 Å². The van der Waals surface area contributed by atoms with Crippen LogP contribution in [0.3, 0.4) is 0 Å². The van der Waals surface area contributed by atoms with Crippen molar-refractivity contribution >= 4 is 5.91 Å². The van der Waals surface area contributed by atoms with Gasteiger partial charge in [-0.15, -0.1) is 0 Å². The molecule has 132 valence electrons. The first-order chi connectivity index (χ1) is 11.8. The lowest BCUT2D eigenvalue weighted by atomic mass is 10.0. The van der Waals surface area contributed by atoms with E-state index in [1.165, 1.54) is 0 Å². The van der Waals surface area contributed by atoms with Crippen LogP contribution in [0, 0.1) is 0 Å². The number of carbonyl (C=O) groups excluding carboxylic acids is 1. The summed E-state index contributed by atoms with van der Waals surface area (Å²) < 4.78 is 42.9. The molecule has 1 heterocycles. The van der Waals surface area contributed by atoms with Gasteiger partial charge in [0.2, 0.25) is 0 Å². The van der Waals surface area contributed by atoms with Crippen LogP contribution >= 0.6 is 0 Å². The van der Waals surface area contributed by atoms with Crippen LogP contribution in [0.25, 0.3) is 0 Å². The van der Waals surface area contributed by atoms with Gasteiger partial charge in [0.25, 0.3) is 5.91 Å². The van der Waals surface area contributed by atoms with Gasteiger partial charge in [-0.2, -0.15) is 13.2 Å². The molecular weight excluding hydrogens is 335 g/mol. The number of benzene rings is 2. The zero-order valence-corrected chi connectivity index (χ0v) is 13.1. The number of aliphatic hydroxyl groups excluding tert-OH is 1. The van der Waals surface area contributed by atoms with E-state index in [4.69, 9.17) is 4.74 Å². The van der Waals surface area contributed by atoms with Crippen molar-refractivity contribution in [3.8, 4) is 5.75 Å². The standard InChI is InChI=1S/C18H16F3NO3/c19-18(20,21)14-4-1-11(2-5-14)17(24)22-10-15(23)12-3-6-16-13(9-12)7-8-25-16/h1-6,9,15,23H,7-8,10H2,(H,22,24)/t15-/m1/s1. The maximum Gasteiger partial charge on any atom is 0.416 e. The third kappa shape index (κ3) is 3.93. The lowest BCUT2D eigenvalue weighted by Gasteiger charge is -2.14. The van der Waals surface area contributed by atoms with Gasteiger partial charge >= 0.3 is 6.18 Å². The molecule has 2 N–H and O–H groups in total. The molecule has 4 nitrogen and oxygen atoms in total. The number of aliphatic hydroxyl groups is 1. The summed E-state index contributed by atoms with van der Waals surface area (Å²) >= 11 is 0. The number of nitrogens with one attached hydrogen (secondary N) is 1. The second kappa shape index (κ2) is 6.76. The number of amides is 1. The second-order valence-corrected chi connectivity index (χ2v) is 5.77. The lowest BCUT2D eigenvalue weighted by molar-refractivity contribution is -0.137. The number of rotatable bonds is 4. The predicted octanol–water partition coefficient (Wildman–Crippen LogP) is 3.10. The molecule has 7 heteroatoms. The van der Waals surface area contributed by atoms with Gasteiger partial charge in [-0.25, -0.2) is 0 Å². The molecule has 0 saturated carbocycles. The van der Waals surface area contributed by atoms with Crippen molar-refractivity contribution in [2.45, 2.75) is 18.7 Å². The molecule has 2 aromatic carbocycles. The number of carbonyl (C=O) groups is 1. The average molecular weight is 351 g/mol.